The number of carbonyl (C=O) groups is 2. The van der Waals surface area contributed by atoms with E-state index in [9.17, 15) is 9.59 Å². The minimum absolute atomic E-state index is 0.151. The van der Waals surface area contributed by atoms with Crippen molar-refractivity contribution in [3.05, 3.63) is 53.7 Å². The van der Waals surface area contributed by atoms with Crippen LogP contribution in [0.15, 0.2) is 41.0 Å². The molecule has 0 saturated heterocycles. The van der Waals surface area contributed by atoms with E-state index >= 15 is 0 Å². The van der Waals surface area contributed by atoms with E-state index in [0.717, 1.165) is 11.8 Å². The summed E-state index contributed by atoms with van der Waals surface area (Å²) >= 11 is 0. The maximum Gasteiger partial charge on any atom is 0.357 e. The molecule has 140 valence electrons. The molecule has 1 aromatic heterocycles. The van der Waals surface area contributed by atoms with Gasteiger partial charge >= 0.3 is 5.97 Å². The van der Waals surface area contributed by atoms with E-state index in [1.807, 2.05) is 30.3 Å². The summed E-state index contributed by atoms with van der Waals surface area (Å²) in [4.78, 5) is 27.3. The van der Waals surface area contributed by atoms with Crippen molar-refractivity contribution in [1.29, 1.82) is 0 Å². The Morgan fingerprint density at radius 3 is 2.58 bits per heavy atom. The van der Waals surface area contributed by atoms with Crippen LogP contribution in [0.3, 0.4) is 0 Å². The second-order valence-corrected chi connectivity index (χ2v) is 6.00. The smallest absolute Gasteiger partial charge is 0.357 e. The molecule has 2 aromatic rings. The lowest BCUT2D eigenvalue weighted by molar-refractivity contribution is -0.123. The number of hydrogen-bond acceptors (Lipinski definition) is 6. The molecule has 0 radical (unpaired) electrons. The fraction of sp³-hybridized carbons (Fsp3) is 0.389. The molecule has 0 aliphatic rings. The average molecular weight is 360 g/mol. The third-order valence-corrected chi connectivity index (χ3v) is 3.98. The van der Waals surface area contributed by atoms with Crippen molar-refractivity contribution >= 4 is 11.9 Å². The van der Waals surface area contributed by atoms with Crippen LogP contribution < -0.4 is 16.8 Å². The number of amides is 1. The Bertz CT molecular complexity index is 717. The van der Waals surface area contributed by atoms with Gasteiger partial charge in [-0.25, -0.2) is 9.78 Å². The van der Waals surface area contributed by atoms with Crippen molar-refractivity contribution in [1.82, 2.24) is 10.3 Å². The number of carbonyl (C=O) groups excluding carboxylic acids is 1. The van der Waals surface area contributed by atoms with Crippen LogP contribution >= 0.6 is 0 Å². The molecule has 0 aliphatic carbocycles. The zero-order valence-electron chi connectivity index (χ0n) is 14.4. The molecule has 8 nitrogen and oxygen atoms in total. The molecule has 2 atom stereocenters. The van der Waals surface area contributed by atoms with Gasteiger partial charge in [-0.05, 0) is 37.8 Å². The highest BCUT2D eigenvalue weighted by molar-refractivity contribution is 5.85. The number of nitrogens with two attached hydrogens (primary N) is 2. The highest BCUT2D eigenvalue weighted by atomic mass is 16.4. The van der Waals surface area contributed by atoms with Gasteiger partial charge in [0, 0.05) is 0 Å². The van der Waals surface area contributed by atoms with E-state index in [0.29, 0.717) is 32.2 Å². The van der Waals surface area contributed by atoms with Crippen molar-refractivity contribution < 1.29 is 19.1 Å². The van der Waals surface area contributed by atoms with Gasteiger partial charge in [0.2, 0.25) is 11.8 Å². The number of oxazole rings is 1. The number of aromatic nitrogens is 1. The van der Waals surface area contributed by atoms with E-state index < -0.39 is 18.1 Å². The molecule has 0 bridgehead atoms. The second-order valence-electron chi connectivity index (χ2n) is 6.00. The number of hydrogen-bond donors (Lipinski definition) is 4. The molecule has 0 unspecified atom stereocenters. The molecule has 6 N–H and O–H groups in total. The summed E-state index contributed by atoms with van der Waals surface area (Å²) in [5.41, 5.74) is 12.2. The van der Waals surface area contributed by atoms with Gasteiger partial charge < -0.3 is 26.3 Å². The van der Waals surface area contributed by atoms with E-state index in [1.165, 1.54) is 0 Å². The van der Waals surface area contributed by atoms with E-state index in [4.69, 9.17) is 21.0 Å². The first kappa shape index (κ1) is 19.6. The van der Waals surface area contributed by atoms with Crippen LogP contribution in [-0.2, 0) is 11.2 Å². The lowest BCUT2D eigenvalue weighted by atomic mass is 10.0. The van der Waals surface area contributed by atoms with Gasteiger partial charge in [0.1, 0.15) is 12.3 Å². The van der Waals surface area contributed by atoms with Gasteiger partial charge in [-0.3, -0.25) is 4.79 Å². The van der Waals surface area contributed by atoms with Gasteiger partial charge in [0.15, 0.2) is 5.69 Å². The highest BCUT2D eigenvalue weighted by Crippen LogP contribution is 2.19. The van der Waals surface area contributed by atoms with Crippen LogP contribution in [0.5, 0.6) is 0 Å². The Morgan fingerprint density at radius 1 is 1.23 bits per heavy atom. The van der Waals surface area contributed by atoms with Crippen LogP contribution in [0.25, 0.3) is 0 Å². The lowest BCUT2D eigenvalue weighted by Gasteiger charge is -2.18. The summed E-state index contributed by atoms with van der Waals surface area (Å²) in [5.74, 6) is -1.38. The quantitative estimate of drug-likeness (QED) is 0.498. The number of rotatable bonds is 10. The molecule has 2 rings (SSSR count). The predicted molar refractivity (Wildman–Crippen MR) is 95.4 cm³/mol. The Balaban J connectivity index is 2.09. The molecule has 0 fully saturated rings. The molecule has 1 heterocycles. The van der Waals surface area contributed by atoms with Crippen LogP contribution in [0.2, 0.25) is 0 Å². The average Bonchev–Trinajstić information content (AvgIpc) is 3.14. The van der Waals surface area contributed by atoms with Crippen molar-refractivity contribution in [3.63, 3.8) is 0 Å². The van der Waals surface area contributed by atoms with Crippen molar-refractivity contribution in [3.8, 4) is 0 Å². The number of benzene rings is 1. The maximum absolute atomic E-state index is 12.3. The van der Waals surface area contributed by atoms with Crippen LogP contribution in [0.1, 0.15) is 47.2 Å². The summed E-state index contributed by atoms with van der Waals surface area (Å²) in [6.07, 6.45) is 3.34. The van der Waals surface area contributed by atoms with Crippen molar-refractivity contribution in [2.24, 2.45) is 11.5 Å². The molecular formula is C18H24N4O4. The van der Waals surface area contributed by atoms with Crippen LogP contribution in [0.4, 0.5) is 0 Å². The largest absolute Gasteiger partial charge is 0.476 e. The number of carboxylic acids is 1. The third kappa shape index (κ3) is 5.68. The maximum atomic E-state index is 12.3. The molecule has 0 aliphatic heterocycles. The number of nitrogens with one attached hydrogen (secondary N) is 1. The number of aromatic carboxylic acids is 1. The van der Waals surface area contributed by atoms with Crippen LogP contribution in [0, 0.1) is 0 Å². The normalized spacial score (nSPS) is 13.2. The molecule has 26 heavy (non-hydrogen) atoms. The van der Waals surface area contributed by atoms with Gasteiger partial charge in [-0.2, -0.15) is 0 Å². The number of aryl methyl sites for hydroxylation is 1. The lowest BCUT2D eigenvalue weighted by Crippen LogP contribution is -2.42. The number of nitrogens with zero attached hydrogens (tertiary/aromatic N) is 1. The standard InChI is InChI=1S/C18H24N4O4/c19-10-4-7-13(20)16(23)21-14(9-8-12-5-2-1-3-6-12)17-22-15(11-26-17)18(24)25/h1-3,5-6,11,13-14H,4,7-10,19-20H2,(H,21,23)(H,24,25)/t13-,14-/m1/s1. The van der Waals surface area contributed by atoms with Crippen molar-refractivity contribution in [2.45, 2.75) is 37.8 Å². The zero-order valence-corrected chi connectivity index (χ0v) is 14.4. The van der Waals surface area contributed by atoms with Gasteiger partial charge in [-0.15, -0.1) is 0 Å². The third-order valence-electron chi connectivity index (χ3n) is 3.98. The highest BCUT2D eigenvalue weighted by Gasteiger charge is 2.24. The minimum Gasteiger partial charge on any atom is -0.476 e. The second kappa shape index (κ2) is 9.69. The Hall–Kier alpha value is -2.71. The zero-order chi connectivity index (χ0) is 18.9. The Kier molecular flexibility index (Phi) is 7.31. The van der Waals surface area contributed by atoms with Crippen molar-refractivity contribution in [2.75, 3.05) is 6.54 Å². The molecule has 0 spiro atoms. The summed E-state index contributed by atoms with van der Waals surface area (Å²) in [6, 6.07) is 8.48. The molecule has 1 amide bonds. The summed E-state index contributed by atoms with van der Waals surface area (Å²) in [7, 11) is 0. The van der Waals surface area contributed by atoms with E-state index in [2.05, 4.69) is 10.3 Å². The van der Waals surface area contributed by atoms with Gasteiger partial charge in [0.05, 0.1) is 6.04 Å². The first-order chi connectivity index (χ1) is 12.5. The van der Waals surface area contributed by atoms with Gasteiger partial charge in [-0.1, -0.05) is 30.3 Å². The fourth-order valence-corrected chi connectivity index (χ4v) is 2.51. The summed E-state index contributed by atoms with van der Waals surface area (Å²) < 4.78 is 5.27. The van der Waals surface area contributed by atoms with E-state index in [1.54, 1.807) is 0 Å². The summed E-state index contributed by atoms with van der Waals surface area (Å²) in [5, 5.41) is 11.8. The molecule has 0 saturated carbocycles. The first-order valence-electron chi connectivity index (χ1n) is 8.50. The Morgan fingerprint density at radius 2 is 1.96 bits per heavy atom. The SMILES string of the molecule is NCCC[C@@H](N)C(=O)N[C@H](CCc1ccccc1)c1nc(C(=O)O)co1. The number of carboxylic acid groups (broad SMARTS) is 1. The molecule has 1 aromatic carbocycles. The first-order valence-corrected chi connectivity index (χ1v) is 8.50. The van der Waals surface area contributed by atoms with Gasteiger partial charge in [0.25, 0.3) is 0 Å². The Labute approximate surface area is 151 Å². The van der Waals surface area contributed by atoms with Crippen LogP contribution in [-0.4, -0.2) is 34.6 Å². The summed E-state index contributed by atoms with van der Waals surface area (Å²) in [6.45, 7) is 0.458. The predicted octanol–water partition coefficient (Wildman–Crippen LogP) is 1.23. The monoisotopic (exact) mass is 360 g/mol. The minimum atomic E-state index is -1.19. The molecular weight excluding hydrogens is 336 g/mol. The topological polar surface area (TPSA) is 144 Å². The fourth-order valence-electron chi connectivity index (χ4n) is 2.51. The van der Waals surface area contributed by atoms with E-state index in [-0.39, 0.29) is 17.5 Å². The molecule has 8 heteroatoms.